The predicted octanol–water partition coefficient (Wildman–Crippen LogP) is 6.20. The zero-order valence-electron chi connectivity index (χ0n) is 8.17. The van der Waals surface area contributed by atoms with Gasteiger partial charge in [0.1, 0.15) is 7.29 Å². The summed E-state index contributed by atoms with van der Waals surface area (Å²) in [6, 6.07) is 0. The van der Waals surface area contributed by atoms with E-state index in [9.17, 15) is 0 Å². The topological polar surface area (TPSA) is 0 Å². The van der Waals surface area contributed by atoms with E-state index >= 15 is 0 Å². The van der Waals surface area contributed by atoms with E-state index in [1.165, 1.54) is 24.3 Å². The lowest BCUT2D eigenvalue weighted by molar-refractivity contribution is 1.11. The summed E-state index contributed by atoms with van der Waals surface area (Å²) >= 11 is 19.3. The second-order valence-electron chi connectivity index (χ2n) is 2.72. The summed E-state index contributed by atoms with van der Waals surface area (Å²) in [6.45, 7) is 4.43. The van der Waals surface area contributed by atoms with Gasteiger partial charge >= 0.3 is 0 Å². The zero-order chi connectivity index (χ0) is 10.7. The van der Waals surface area contributed by atoms with E-state index in [-0.39, 0.29) is 0 Å². The Morgan fingerprint density at radius 3 is 1.57 bits per heavy atom. The highest BCUT2D eigenvalue weighted by molar-refractivity contribution is 9.63. The molecule has 0 saturated carbocycles. The van der Waals surface area contributed by atoms with E-state index in [2.05, 4.69) is 13.8 Å². The zero-order valence-corrected chi connectivity index (χ0v) is 14.9. The number of hydrogen-bond acceptors (Lipinski definition) is 6. The lowest BCUT2D eigenvalue weighted by Gasteiger charge is -2.38. The Hall–Kier alpha value is 2.70. The molecular weight excluding hydrogens is 326 g/mol. The predicted molar refractivity (Wildman–Crippen MR) is 89.3 cm³/mol. The van der Waals surface area contributed by atoms with Crippen molar-refractivity contribution in [3.05, 3.63) is 0 Å². The lowest BCUT2D eigenvalue weighted by atomic mass is 10.6. The fraction of sp³-hybridized carbons (Fsp3) is 1.00. The molecule has 0 nitrogen and oxygen atoms in total. The molecular formula is C6H14P2S6. The Morgan fingerprint density at radius 1 is 0.929 bits per heavy atom. The molecule has 0 atom stereocenters. The lowest BCUT2D eigenvalue weighted by Crippen LogP contribution is -1.80. The molecule has 0 amide bonds. The van der Waals surface area contributed by atoms with Crippen molar-refractivity contribution >= 4 is 75.7 Å². The maximum Gasteiger partial charge on any atom is 0.121 e. The first kappa shape index (κ1) is 14.8. The summed E-state index contributed by atoms with van der Waals surface area (Å²) < 4.78 is -2.33. The SMILES string of the molecule is CCCSP1(=S)SP(=S)(SCCC)S1. The van der Waals surface area contributed by atoms with Crippen LogP contribution in [0, 0.1) is 0 Å². The first-order valence-corrected chi connectivity index (χ1v) is 17.3. The Kier molecular flexibility index (Phi) is 6.94. The maximum absolute atomic E-state index is 5.64. The summed E-state index contributed by atoms with van der Waals surface area (Å²) in [5.74, 6) is 2.43. The molecule has 1 aliphatic rings. The first-order valence-electron chi connectivity index (χ1n) is 4.45. The van der Waals surface area contributed by atoms with Crippen molar-refractivity contribution in [3.63, 3.8) is 0 Å². The van der Waals surface area contributed by atoms with Gasteiger partial charge in [-0.25, -0.2) is 0 Å². The van der Waals surface area contributed by atoms with Crippen molar-refractivity contribution in [2.45, 2.75) is 26.7 Å². The average molecular weight is 341 g/mol. The molecule has 1 fully saturated rings. The van der Waals surface area contributed by atoms with E-state index in [1.807, 2.05) is 44.8 Å². The third kappa shape index (κ3) is 4.52. The van der Waals surface area contributed by atoms with Gasteiger partial charge in [0.2, 0.25) is 0 Å². The minimum atomic E-state index is -1.16. The molecule has 0 N–H and O–H groups in total. The van der Waals surface area contributed by atoms with Gasteiger partial charge in [-0.1, -0.05) is 37.5 Å². The van der Waals surface area contributed by atoms with Crippen LogP contribution in [0.5, 0.6) is 0 Å². The average Bonchev–Trinajstić information content (AvgIpc) is 2.09. The Balaban J connectivity index is 2.33. The van der Waals surface area contributed by atoms with E-state index in [4.69, 9.17) is 23.6 Å². The third-order valence-electron chi connectivity index (χ3n) is 1.31. The monoisotopic (exact) mass is 340 g/mol. The van der Waals surface area contributed by atoms with Gasteiger partial charge < -0.3 is 0 Å². The largest absolute Gasteiger partial charge is 0.121 e. The Morgan fingerprint density at radius 2 is 1.29 bits per heavy atom. The van der Waals surface area contributed by atoms with Crippen LogP contribution in [0.4, 0.5) is 0 Å². The molecule has 8 heteroatoms. The first-order chi connectivity index (χ1) is 6.54. The van der Waals surface area contributed by atoms with Gasteiger partial charge in [-0.3, -0.25) is 0 Å². The van der Waals surface area contributed by atoms with Crippen molar-refractivity contribution in [2.24, 2.45) is 0 Å². The van der Waals surface area contributed by atoms with Crippen molar-refractivity contribution in [1.29, 1.82) is 0 Å². The van der Waals surface area contributed by atoms with E-state index < -0.39 is 7.29 Å². The molecule has 0 aromatic carbocycles. The van der Waals surface area contributed by atoms with E-state index in [1.54, 1.807) is 0 Å². The normalized spacial score (nSPS) is 36.7. The highest BCUT2D eigenvalue weighted by Crippen LogP contribution is 3.12. The van der Waals surface area contributed by atoms with Crippen LogP contribution in [0.25, 0.3) is 0 Å². The van der Waals surface area contributed by atoms with Gasteiger partial charge in [0.05, 0.1) is 0 Å². The molecule has 0 unspecified atom stereocenters. The second-order valence-corrected chi connectivity index (χ2v) is 33.1. The molecule has 0 spiro atoms. The third-order valence-corrected chi connectivity index (χ3v) is 43.8. The maximum atomic E-state index is 5.64. The summed E-state index contributed by atoms with van der Waals surface area (Å²) in [5.41, 5.74) is 0. The fourth-order valence-electron chi connectivity index (χ4n) is 0.752. The summed E-state index contributed by atoms with van der Waals surface area (Å²) in [5, 5.41) is 0. The second kappa shape index (κ2) is 6.58. The van der Waals surface area contributed by atoms with Gasteiger partial charge in [-0.05, 0) is 46.4 Å². The van der Waals surface area contributed by atoms with Gasteiger partial charge in [0.25, 0.3) is 0 Å². The molecule has 1 heterocycles. The summed E-state index contributed by atoms with van der Waals surface area (Å²) in [7, 11) is 0. The van der Waals surface area contributed by atoms with E-state index in [0.29, 0.717) is 0 Å². The molecule has 0 radical (unpaired) electrons. The fourth-order valence-corrected chi connectivity index (χ4v) is 70.9. The molecule has 84 valence electrons. The molecule has 1 rings (SSSR count). The minimum absolute atomic E-state index is 1.16. The van der Waals surface area contributed by atoms with Gasteiger partial charge in [0.15, 0.2) is 0 Å². The molecule has 14 heavy (non-hydrogen) atoms. The van der Waals surface area contributed by atoms with Crippen LogP contribution in [0.15, 0.2) is 0 Å². The number of hydrogen-bond donors (Lipinski definition) is 0. The molecule has 1 saturated heterocycles. The number of rotatable bonds is 6. The van der Waals surface area contributed by atoms with Crippen molar-refractivity contribution < 1.29 is 0 Å². The molecule has 0 aromatic heterocycles. The van der Waals surface area contributed by atoms with Crippen LogP contribution in [0.3, 0.4) is 0 Å². The molecule has 0 aliphatic carbocycles. The summed E-state index contributed by atoms with van der Waals surface area (Å²) in [4.78, 5) is 0. The van der Waals surface area contributed by atoms with Crippen LogP contribution in [-0.2, 0) is 23.6 Å². The van der Waals surface area contributed by atoms with Crippen LogP contribution in [0.1, 0.15) is 26.7 Å². The summed E-state index contributed by atoms with van der Waals surface area (Å²) in [6.07, 6.45) is 2.46. The quantitative estimate of drug-likeness (QED) is 0.524. The van der Waals surface area contributed by atoms with Crippen LogP contribution < -0.4 is 0 Å². The highest BCUT2D eigenvalue weighted by atomic mass is 33.9. The minimum Gasteiger partial charge on any atom is -0.104 e. The van der Waals surface area contributed by atoms with Crippen LogP contribution in [-0.4, -0.2) is 11.5 Å². The Bertz CT molecular complexity index is 237. The highest BCUT2D eigenvalue weighted by Gasteiger charge is 2.44. The van der Waals surface area contributed by atoms with Crippen molar-refractivity contribution in [3.8, 4) is 0 Å². The van der Waals surface area contributed by atoms with Crippen molar-refractivity contribution in [2.75, 3.05) is 11.5 Å². The standard InChI is InChI=1S/C6H14P2S6/c1-3-5-11-7(9)13-8(10,14-7)12-6-4-2/h3-6H2,1-2H3. The van der Waals surface area contributed by atoms with E-state index in [0.717, 1.165) is 0 Å². The smallest absolute Gasteiger partial charge is 0.104 e. The molecule has 0 bridgehead atoms. The molecule has 0 aromatic rings. The Labute approximate surface area is 113 Å². The van der Waals surface area contributed by atoms with Crippen LogP contribution >= 0.6 is 52.1 Å². The molecule has 1 aliphatic heterocycles. The van der Waals surface area contributed by atoms with Gasteiger partial charge in [-0.15, -0.1) is 22.8 Å². The van der Waals surface area contributed by atoms with Gasteiger partial charge in [-0.2, -0.15) is 0 Å². The van der Waals surface area contributed by atoms with Crippen LogP contribution in [0.2, 0.25) is 0 Å². The van der Waals surface area contributed by atoms with Gasteiger partial charge in [0, 0.05) is 0 Å². The van der Waals surface area contributed by atoms with Crippen molar-refractivity contribution in [1.82, 2.24) is 0 Å².